The van der Waals surface area contributed by atoms with Gasteiger partial charge in [0.25, 0.3) is 11.6 Å². The van der Waals surface area contributed by atoms with Crippen LogP contribution in [0.2, 0.25) is 0 Å². The summed E-state index contributed by atoms with van der Waals surface area (Å²) >= 11 is 6.71. The van der Waals surface area contributed by atoms with Crippen LogP contribution in [-0.2, 0) is 0 Å². The van der Waals surface area contributed by atoms with Crippen LogP contribution < -0.4 is 5.32 Å². The standard InChI is InChI=1S/C16H14Br2N2O3/c1-8-9(2)12(7-13(17)10(8)3)16(21)19-15-5-4-11(20(22)23)6-14(15)18/h4-7H,1-3H3,(H,19,21). The number of halogens is 2. The van der Waals surface area contributed by atoms with Gasteiger partial charge in [0.15, 0.2) is 0 Å². The second kappa shape index (κ2) is 6.80. The van der Waals surface area contributed by atoms with E-state index < -0.39 is 4.92 Å². The average molecular weight is 442 g/mol. The SMILES string of the molecule is Cc1c(Br)cc(C(=O)Nc2ccc([N+](=O)[O-])cc2Br)c(C)c1C. The van der Waals surface area contributed by atoms with Crippen molar-refractivity contribution in [3.05, 3.63) is 65.6 Å². The molecule has 2 aromatic rings. The molecule has 0 heterocycles. The maximum Gasteiger partial charge on any atom is 0.270 e. The van der Waals surface area contributed by atoms with Gasteiger partial charge in [-0.3, -0.25) is 14.9 Å². The molecule has 5 nitrogen and oxygen atoms in total. The van der Waals surface area contributed by atoms with Crippen molar-refractivity contribution in [1.82, 2.24) is 0 Å². The van der Waals surface area contributed by atoms with Gasteiger partial charge in [-0.05, 0) is 65.5 Å². The Labute approximate surface area is 150 Å². The fourth-order valence-corrected chi connectivity index (χ4v) is 3.14. The highest BCUT2D eigenvalue weighted by Crippen LogP contribution is 2.29. The minimum Gasteiger partial charge on any atom is -0.321 e. The predicted octanol–water partition coefficient (Wildman–Crippen LogP) is 5.30. The molecule has 0 aromatic heterocycles. The van der Waals surface area contributed by atoms with Crippen LogP contribution in [0.5, 0.6) is 0 Å². The number of hydrogen-bond donors (Lipinski definition) is 1. The summed E-state index contributed by atoms with van der Waals surface area (Å²) < 4.78 is 1.33. The van der Waals surface area contributed by atoms with Crippen molar-refractivity contribution < 1.29 is 9.72 Å². The Kier molecular flexibility index (Phi) is 5.21. The van der Waals surface area contributed by atoms with Gasteiger partial charge in [-0.2, -0.15) is 0 Å². The molecule has 1 N–H and O–H groups in total. The lowest BCUT2D eigenvalue weighted by atomic mass is 9.98. The smallest absolute Gasteiger partial charge is 0.270 e. The quantitative estimate of drug-likeness (QED) is 0.518. The first kappa shape index (κ1) is 17.6. The Hall–Kier alpha value is -1.73. The van der Waals surface area contributed by atoms with Gasteiger partial charge in [0, 0.05) is 26.6 Å². The van der Waals surface area contributed by atoms with Crippen molar-refractivity contribution in [2.24, 2.45) is 0 Å². The molecule has 0 fully saturated rings. The number of nitrogens with zero attached hydrogens (tertiary/aromatic N) is 1. The van der Waals surface area contributed by atoms with Crippen LogP contribution in [0.25, 0.3) is 0 Å². The van der Waals surface area contributed by atoms with Crippen molar-refractivity contribution >= 4 is 49.1 Å². The molecule has 2 rings (SSSR count). The van der Waals surface area contributed by atoms with E-state index in [2.05, 4.69) is 37.2 Å². The minimum atomic E-state index is -0.485. The van der Waals surface area contributed by atoms with E-state index in [0.717, 1.165) is 21.2 Å². The zero-order valence-corrected chi connectivity index (χ0v) is 15.9. The number of nitro benzene ring substituents is 1. The molecule has 2 aromatic carbocycles. The Morgan fingerprint density at radius 2 is 1.70 bits per heavy atom. The Morgan fingerprint density at radius 1 is 1.04 bits per heavy atom. The predicted molar refractivity (Wildman–Crippen MR) is 97.1 cm³/mol. The highest BCUT2D eigenvalue weighted by atomic mass is 79.9. The number of rotatable bonds is 3. The number of carbonyl (C=O) groups is 1. The van der Waals surface area contributed by atoms with Crippen LogP contribution in [0, 0.1) is 30.9 Å². The molecule has 0 saturated heterocycles. The normalized spacial score (nSPS) is 10.5. The minimum absolute atomic E-state index is 0.0417. The molecule has 0 saturated carbocycles. The van der Waals surface area contributed by atoms with E-state index >= 15 is 0 Å². The van der Waals surface area contributed by atoms with Gasteiger partial charge in [0.1, 0.15) is 0 Å². The molecule has 0 unspecified atom stereocenters. The first-order chi connectivity index (χ1) is 10.7. The number of non-ortho nitro benzene ring substituents is 1. The zero-order chi connectivity index (χ0) is 17.3. The summed E-state index contributed by atoms with van der Waals surface area (Å²) in [5, 5.41) is 13.5. The van der Waals surface area contributed by atoms with E-state index in [1.807, 2.05) is 20.8 Å². The number of carbonyl (C=O) groups excluding carboxylic acids is 1. The summed E-state index contributed by atoms with van der Waals surface area (Å²) in [6.07, 6.45) is 0. The van der Waals surface area contributed by atoms with E-state index in [4.69, 9.17) is 0 Å². The van der Waals surface area contributed by atoms with Gasteiger partial charge in [-0.25, -0.2) is 0 Å². The summed E-state index contributed by atoms with van der Waals surface area (Å²) in [5.41, 5.74) is 4.05. The lowest BCUT2D eigenvalue weighted by Crippen LogP contribution is -2.15. The first-order valence-electron chi connectivity index (χ1n) is 6.74. The molecule has 0 spiro atoms. The lowest BCUT2D eigenvalue weighted by Gasteiger charge is -2.14. The molecule has 0 radical (unpaired) electrons. The lowest BCUT2D eigenvalue weighted by molar-refractivity contribution is -0.384. The number of anilines is 1. The van der Waals surface area contributed by atoms with Crippen LogP contribution in [0.1, 0.15) is 27.0 Å². The van der Waals surface area contributed by atoms with Gasteiger partial charge < -0.3 is 5.32 Å². The van der Waals surface area contributed by atoms with Crippen molar-refractivity contribution in [2.45, 2.75) is 20.8 Å². The molecular formula is C16H14Br2N2O3. The van der Waals surface area contributed by atoms with E-state index in [9.17, 15) is 14.9 Å². The molecule has 0 aliphatic rings. The van der Waals surface area contributed by atoms with Crippen molar-refractivity contribution in [2.75, 3.05) is 5.32 Å². The monoisotopic (exact) mass is 440 g/mol. The van der Waals surface area contributed by atoms with Crippen LogP contribution in [0.4, 0.5) is 11.4 Å². The number of hydrogen-bond acceptors (Lipinski definition) is 3. The highest BCUT2D eigenvalue weighted by molar-refractivity contribution is 9.11. The third-order valence-electron chi connectivity index (χ3n) is 3.81. The third kappa shape index (κ3) is 3.61. The highest BCUT2D eigenvalue weighted by Gasteiger charge is 2.16. The van der Waals surface area contributed by atoms with E-state index in [0.29, 0.717) is 15.7 Å². The van der Waals surface area contributed by atoms with Gasteiger partial charge in [0.2, 0.25) is 0 Å². The van der Waals surface area contributed by atoms with Crippen LogP contribution >= 0.6 is 31.9 Å². The topological polar surface area (TPSA) is 72.2 Å². The molecule has 0 aliphatic carbocycles. The second-order valence-electron chi connectivity index (χ2n) is 5.16. The molecule has 1 amide bonds. The summed E-state index contributed by atoms with van der Waals surface area (Å²) in [7, 11) is 0. The first-order valence-corrected chi connectivity index (χ1v) is 8.32. The van der Waals surface area contributed by atoms with Crippen molar-refractivity contribution in [1.29, 1.82) is 0 Å². The summed E-state index contributed by atoms with van der Waals surface area (Å²) in [6.45, 7) is 5.85. The number of nitrogens with one attached hydrogen (secondary N) is 1. The molecule has 0 atom stereocenters. The van der Waals surface area contributed by atoms with Gasteiger partial charge in [0.05, 0.1) is 10.6 Å². The Morgan fingerprint density at radius 3 is 2.26 bits per heavy atom. The fourth-order valence-electron chi connectivity index (χ4n) is 2.15. The van der Waals surface area contributed by atoms with Crippen LogP contribution in [-0.4, -0.2) is 10.8 Å². The molecule has 0 aliphatic heterocycles. The van der Waals surface area contributed by atoms with Crippen LogP contribution in [0.3, 0.4) is 0 Å². The molecule has 120 valence electrons. The largest absolute Gasteiger partial charge is 0.321 e. The molecule has 0 bridgehead atoms. The number of benzene rings is 2. The molecule has 7 heteroatoms. The number of amides is 1. The fraction of sp³-hybridized carbons (Fsp3) is 0.188. The second-order valence-corrected chi connectivity index (χ2v) is 6.87. The Balaban J connectivity index is 2.35. The van der Waals surface area contributed by atoms with Crippen LogP contribution in [0.15, 0.2) is 33.2 Å². The van der Waals surface area contributed by atoms with Gasteiger partial charge in [-0.15, -0.1) is 0 Å². The van der Waals surface area contributed by atoms with E-state index in [1.165, 1.54) is 18.2 Å². The molecular weight excluding hydrogens is 428 g/mol. The van der Waals surface area contributed by atoms with Crippen molar-refractivity contribution in [3.8, 4) is 0 Å². The third-order valence-corrected chi connectivity index (χ3v) is 5.29. The van der Waals surface area contributed by atoms with Gasteiger partial charge >= 0.3 is 0 Å². The number of nitro groups is 1. The average Bonchev–Trinajstić information content (AvgIpc) is 2.50. The Bertz CT molecular complexity index is 819. The maximum atomic E-state index is 12.5. The summed E-state index contributed by atoms with van der Waals surface area (Å²) in [4.78, 5) is 22.8. The van der Waals surface area contributed by atoms with Crippen molar-refractivity contribution in [3.63, 3.8) is 0 Å². The maximum absolute atomic E-state index is 12.5. The molecule has 23 heavy (non-hydrogen) atoms. The summed E-state index contributed by atoms with van der Waals surface area (Å²) in [5.74, 6) is -0.263. The van der Waals surface area contributed by atoms with Gasteiger partial charge in [-0.1, -0.05) is 15.9 Å². The summed E-state index contributed by atoms with van der Waals surface area (Å²) in [6, 6.07) is 6.00. The van der Waals surface area contributed by atoms with E-state index in [-0.39, 0.29) is 11.6 Å². The van der Waals surface area contributed by atoms with E-state index in [1.54, 1.807) is 6.07 Å². The zero-order valence-electron chi connectivity index (χ0n) is 12.7.